The van der Waals surface area contributed by atoms with Crippen molar-refractivity contribution in [3.63, 3.8) is 0 Å². The number of hydrogen-bond acceptors (Lipinski definition) is 4. The lowest BCUT2D eigenvalue weighted by Gasteiger charge is -2.54. The van der Waals surface area contributed by atoms with E-state index >= 15 is 0 Å². The molecule has 1 N–H and O–H groups in total. The molecule has 0 aromatic carbocycles. The van der Waals surface area contributed by atoms with E-state index in [9.17, 15) is 5.21 Å². The van der Waals surface area contributed by atoms with Crippen molar-refractivity contribution in [2.75, 3.05) is 33.2 Å². The summed E-state index contributed by atoms with van der Waals surface area (Å²) in [5.74, 6) is 0. The third-order valence-electron chi connectivity index (χ3n) is 4.10. The molecule has 0 unspecified atom stereocenters. The van der Waals surface area contributed by atoms with Crippen LogP contribution in [0.15, 0.2) is 11.8 Å². The van der Waals surface area contributed by atoms with E-state index in [0.717, 1.165) is 32.6 Å². The molecule has 1 saturated heterocycles. The fourth-order valence-corrected chi connectivity index (χ4v) is 3.19. The van der Waals surface area contributed by atoms with Gasteiger partial charge in [-0.25, -0.2) is 0 Å². The molecule has 0 radical (unpaired) electrons. The molecule has 0 amide bonds. The van der Waals surface area contributed by atoms with Gasteiger partial charge in [-0.2, -0.15) is 5.06 Å². The molecule has 0 aliphatic carbocycles. The maximum atomic E-state index is 10.3. The van der Waals surface area contributed by atoms with Gasteiger partial charge in [0.25, 0.3) is 0 Å². The second kappa shape index (κ2) is 4.51. The van der Waals surface area contributed by atoms with Gasteiger partial charge in [0.1, 0.15) is 0 Å². The van der Waals surface area contributed by atoms with E-state index in [4.69, 9.17) is 0 Å². The highest BCUT2D eigenvalue weighted by Crippen LogP contribution is 2.33. The smallest absolute Gasteiger partial charge is 0.0585 e. The van der Waals surface area contributed by atoms with Crippen LogP contribution in [0, 0.1) is 0 Å². The normalized spacial score (nSPS) is 29.2. The predicted molar refractivity (Wildman–Crippen MR) is 73.6 cm³/mol. The van der Waals surface area contributed by atoms with Gasteiger partial charge in [0.05, 0.1) is 11.1 Å². The summed E-state index contributed by atoms with van der Waals surface area (Å²) in [6.45, 7) is 12.4. The highest BCUT2D eigenvalue weighted by Gasteiger charge is 2.44. The van der Waals surface area contributed by atoms with Gasteiger partial charge < -0.3 is 15.0 Å². The molecule has 1 fully saturated rings. The minimum Gasteiger partial charge on any atom is -0.371 e. The van der Waals surface area contributed by atoms with Crippen LogP contribution in [0.4, 0.5) is 0 Å². The zero-order valence-electron chi connectivity index (χ0n) is 12.4. The third-order valence-corrected chi connectivity index (χ3v) is 4.10. The molecule has 2 heterocycles. The first kappa shape index (κ1) is 13.8. The van der Waals surface area contributed by atoms with Gasteiger partial charge in [-0.05, 0) is 41.2 Å². The molecule has 0 aromatic heterocycles. The van der Waals surface area contributed by atoms with Gasteiger partial charge in [-0.3, -0.25) is 0 Å². The van der Waals surface area contributed by atoms with Crippen LogP contribution in [0.2, 0.25) is 0 Å². The second-order valence-corrected chi connectivity index (χ2v) is 7.00. The number of hydroxylamine groups is 2. The van der Waals surface area contributed by atoms with Crippen molar-refractivity contribution in [2.24, 2.45) is 0 Å². The molecule has 0 bridgehead atoms. The van der Waals surface area contributed by atoms with Crippen molar-refractivity contribution in [1.29, 1.82) is 0 Å². The van der Waals surface area contributed by atoms with Gasteiger partial charge in [0.2, 0.25) is 0 Å². The van der Waals surface area contributed by atoms with Crippen LogP contribution in [0.3, 0.4) is 0 Å². The largest absolute Gasteiger partial charge is 0.371 e. The van der Waals surface area contributed by atoms with E-state index in [1.54, 1.807) is 0 Å². The SMILES string of the molecule is CN1CC=C(N2CC(C)(C)N(O)C(C)(C)C2)CC1. The molecule has 18 heavy (non-hydrogen) atoms. The van der Waals surface area contributed by atoms with Crippen LogP contribution >= 0.6 is 0 Å². The molecule has 2 aliphatic heterocycles. The standard InChI is InChI=1S/C14H27N3O/c1-13(2)10-16(11-14(3,4)17(13)18)12-6-8-15(5)9-7-12/h6,18H,7-11H2,1-5H3. The molecule has 4 nitrogen and oxygen atoms in total. The summed E-state index contributed by atoms with van der Waals surface area (Å²) in [7, 11) is 2.16. The molecule has 4 heteroatoms. The molecule has 0 saturated carbocycles. The van der Waals surface area contributed by atoms with Crippen LogP contribution in [0.5, 0.6) is 0 Å². The molecule has 0 spiro atoms. The van der Waals surface area contributed by atoms with Crippen molar-refractivity contribution in [3.8, 4) is 0 Å². The minimum atomic E-state index is -0.202. The number of rotatable bonds is 1. The zero-order valence-corrected chi connectivity index (χ0v) is 12.4. The number of hydrogen-bond donors (Lipinski definition) is 1. The topological polar surface area (TPSA) is 30.0 Å². The molecule has 2 rings (SSSR count). The summed E-state index contributed by atoms with van der Waals surface area (Å²) in [6.07, 6.45) is 3.46. The molecular formula is C14H27N3O. The van der Waals surface area contributed by atoms with Crippen molar-refractivity contribution < 1.29 is 5.21 Å². The van der Waals surface area contributed by atoms with Gasteiger partial charge in [0.15, 0.2) is 0 Å². The first-order valence-corrected chi connectivity index (χ1v) is 6.84. The summed E-state index contributed by atoms with van der Waals surface area (Å²) in [5.41, 5.74) is 1.04. The average molecular weight is 253 g/mol. The number of likely N-dealkylation sites (N-methyl/N-ethyl adjacent to an activating group) is 1. The Morgan fingerprint density at radius 1 is 1.11 bits per heavy atom. The van der Waals surface area contributed by atoms with E-state index in [0.29, 0.717) is 0 Å². The number of nitrogens with zero attached hydrogens (tertiary/aromatic N) is 3. The van der Waals surface area contributed by atoms with Crippen molar-refractivity contribution in [2.45, 2.75) is 45.2 Å². The van der Waals surface area contributed by atoms with E-state index < -0.39 is 0 Å². The second-order valence-electron chi connectivity index (χ2n) is 7.00. The predicted octanol–water partition coefficient (Wildman–Crippen LogP) is 1.77. The van der Waals surface area contributed by atoms with Gasteiger partial charge >= 0.3 is 0 Å². The highest BCUT2D eigenvalue weighted by atomic mass is 16.5. The maximum absolute atomic E-state index is 10.3. The van der Waals surface area contributed by atoms with Crippen LogP contribution in [-0.4, -0.2) is 64.4 Å². The van der Waals surface area contributed by atoms with Crippen molar-refractivity contribution in [3.05, 3.63) is 11.8 Å². The van der Waals surface area contributed by atoms with Crippen molar-refractivity contribution in [1.82, 2.24) is 14.9 Å². The molecule has 2 aliphatic rings. The lowest BCUT2D eigenvalue weighted by atomic mass is 9.89. The lowest BCUT2D eigenvalue weighted by Crippen LogP contribution is -2.67. The third kappa shape index (κ3) is 2.56. The van der Waals surface area contributed by atoms with Crippen LogP contribution in [0.25, 0.3) is 0 Å². The highest BCUT2D eigenvalue weighted by molar-refractivity contribution is 5.11. The quantitative estimate of drug-likeness (QED) is 0.771. The van der Waals surface area contributed by atoms with E-state index in [1.165, 1.54) is 10.8 Å². The monoisotopic (exact) mass is 253 g/mol. The van der Waals surface area contributed by atoms with E-state index in [1.807, 2.05) is 0 Å². The zero-order chi connectivity index (χ0) is 13.6. The molecule has 0 aromatic rings. The fraction of sp³-hybridized carbons (Fsp3) is 0.857. The number of piperazine rings is 1. The Kier molecular flexibility index (Phi) is 3.47. The van der Waals surface area contributed by atoms with Crippen LogP contribution in [0.1, 0.15) is 34.1 Å². The molecular weight excluding hydrogens is 226 g/mol. The first-order chi connectivity index (χ1) is 8.22. The van der Waals surface area contributed by atoms with Gasteiger partial charge in [0, 0.05) is 31.9 Å². The van der Waals surface area contributed by atoms with E-state index in [-0.39, 0.29) is 11.1 Å². The van der Waals surface area contributed by atoms with Crippen molar-refractivity contribution >= 4 is 0 Å². The Hall–Kier alpha value is -0.580. The summed E-state index contributed by atoms with van der Waals surface area (Å²) in [4.78, 5) is 4.79. The van der Waals surface area contributed by atoms with Crippen LogP contribution in [-0.2, 0) is 0 Å². The lowest BCUT2D eigenvalue weighted by molar-refractivity contribution is -0.250. The Labute approximate surface area is 111 Å². The van der Waals surface area contributed by atoms with E-state index in [2.05, 4.69) is 50.6 Å². The summed E-state index contributed by atoms with van der Waals surface area (Å²) in [5, 5.41) is 11.8. The van der Waals surface area contributed by atoms with Gasteiger partial charge in [-0.1, -0.05) is 6.08 Å². The summed E-state index contributed by atoms with van der Waals surface area (Å²) in [6, 6.07) is 0. The Morgan fingerprint density at radius 2 is 1.67 bits per heavy atom. The maximum Gasteiger partial charge on any atom is 0.0585 e. The summed E-state index contributed by atoms with van der Waals surface area (Å²) < 4.78 is 0. The Bertz CT molecular complexity index is 331. The van der Waals surface area contributed by atoms with Gasteiger partial charge in [-0.15, -0.1) is 0 Å². The first-order valence-electron chi connectivity index (χ1n) is 6.84. The minimum absolute atomic E-state index is 0.202. The Balaban J connectivity index is 2.16. The van der Waals surface area contributed by atoms with Crippen LogP contribution < -0.4 is 0 Å². The average Bonchev–Trinajstić information content (AvgIpc) is 2.26. The summed E-state index contributed by atoms with van der Waals surface area (Å²) >= 11 is 0. The fourth-order valence-electron chi connectivity index (χ4n) is 3.19. The molecule has 104 valence electrons. The molecule has 0 atom stereocenters. The Morgan fingerprint density at radius 3 is 2.11 bits per heavy atom.